The summed E-state index contributed by atoms with van der Waals surface area (Å²) in [5.74, 6) is -1.27. The maximum Gasteiger partial charge on any atom is 0.308 e. The van der Waals surface area contributed by atoms with Crippen LogP contribution in [0.3, 0.4) is 0 Å². The van der Waals surface area contributed by atoms with E-state index in [0.717, 1.165) is 5.56 Å². The van der Waals surface area contributed by atoms with Crippen LogP contribution in [0.25, 0.3) is 11.3 Å². The Morgan fingerprint density at radius 2 is 1.88 bits per heavy atom. The van der Waals surface area contributed by atoms with Crippen molar-refractivity contribution in [3.05, 3.63) is 34.7 Å². The molecule has 0 radical (unpaired) electrons. The molecule has 0 spiro atoms. The van der Waals surface area contributed by atoms with E-state index in [1.165, 1.54) is 24.0 Å². The number of nitrogens with one attached hydrogen (secondary N) is 1. The number of carboxylic acid groups (broad SMARTS) is 1. The molecule has 2 aromatic rings. The minimum Gasteiger partial charge on any atom is -0.481 e. The van der Waals surface area contributed by atoms with E-state index >= 15 is 0 Å². The lowest BCUT2D eigenvalue weighted by Gasteiger charge is -2.19. The second-order valence-electron chi connectivity index (χ2n) is 6.67. The molecule has 1 aromatic carbocycles. The monoisotopic (exact) mass is 362 g/mol. The van der Waals surface area contributed by atoms with Crippen molar-refractivity contribution in [1.29, 1.82) is 0 Å². The van der Waals surface area contributed by atoms with Crippen molar-refractivity contribution < 1.29 is 19.4 Å². The second kappa shape index (κ2) is 7.76. The summed E-state index contributed by atoms with van der Waals surface area (Å²) >= 11 is 1.17. The minimum atomic E-state index is -0.939. The summed E-state index contributed by atoms with van der Waals surface area (Å²) in [6.07, 6.45) is -0.145. The summed E-state index contributed by atoms with van der Waals surface area (Å²) in [6, 6.07) is 7.90. The first kappa shape index (κ1) is 19.1. The highest BCUT2D eigenvalue weighted by atomic mass is 32.1. The van der Waals surface area contributed by atoms with Gasteiger partial charge in [-0.25, -0.2) is 4.98 Å². The number of hydrogen-bond donors (Lipinski definition) is 2. The van der Waals surface area contributed by atoms with Crippen LogP contribution < -0.4 is 5.32 Å². The van der Waals surface area contributed by atoms with Gasteiger partial charge in [-0.1, -0.05) is 45.0 Å². The van der Waals surface area contributed by atoms with Crippen molar-refractivity contribution >= 4 is 28.3 Å². The number of ether oxygens (including phenoxy) is 1. The van der Waals surface area contributed by atoms with Gasteiger partial charge >= 0.3 is 5.97 Å². The van der Waals surface area contributed by atoms with Gasteiger partial charge in [-0.15, -0.1) is 11.3 Å². The van der Waals surface area contributed by atoms with Crippen molar-refractivity contribution in [2.24, 2.45) is 0 Å². The molecule has 0 fully saturated rings. The Hall–Kier alpha value is -2.25. The van der Waals surface area contributed by atoms with E-state index in [1.807, 2.05) is 24.3 Å². The summed E-state index contributed by atoms with van der Waals surface area (Å²) in [5.41, 5.74) is 2.62. The third-order valence-electron chi connectivity index (χ3n) is 3.56. The maximum atomic E-state index is 11.7. The van der Waals surface area contributed by atoms with Gasteiger partial charge in [0.25, 0.3) is 5.91 Å². The van der Waals surface area contributed by atoms with Crippen LogP contribution in [-0.2, 0) is 26.2 Å². The van der Waals surface area contributed by atoms with Crippen molar-refractivity contribution in [2.75, 3.05) is 19.0 Å². The quantitative estimate of drug-likeness (QED) is 0.823. The molecule has 134 valence electrons. The first-order valence-corrected chi connectivity index (χ1v) is 8.63. The SMILES string of the molecule is COCC(=O)Nc1nc(-c2ccc(C(C)(C)C)cc2)c(CC(=O)O)s1. The molecule has 0 unspecified atom stereocenters. The molecule has 1 heterocycles. The predicted octanol–water partition coefficient (Wildman–Crippen LogP) is 3.32. The summed E-state index contributed by atoms with van der Waals surface area (Å²) in [6.45, 7) is 6.31. The summed E-state index contributed by atoms with van der Waals surface area (Å²) in [5, 5.41) is 12.1. The zero-order valence-corrected chi connectivity index (χ0v) is 15.6. The van der Waals surface area contributed by atoms with Gasteiger partial charge in [0, 0.05) is 17.6 Å². The molecule has 0 atom stereocenters. The number of rotatable bonds is 6. The number of anilines is 1. The van der Waals surface area contributed by atoms with E-state index in [-0.39, 0.29) is 24.3 Å². The number of carboxylic acids is 1. The number of carbonyl (C=O) groups is 2. The highest BCUT2D eigenvalue weighted by molar-refractivity contribution is 7.16. The molecule has 0 aliphatic heterocycles. The van der Waals surface area contributed by atoms with Gasteiger partial charge in [-0.2, -0.15) is 0 Å². The van der Waals surface area contributed by atoms with Crippen LogP contribution in [0.4, 0.5) is 5.13 Å². The highest BCUT2D eigenvalue weighted by Gasteiger charge is 2.18. The van der Waals surface area contributed by atoms with Gasteiger partial charge in [0.05, 0.1) is 12.1 Å². The summed E-state index contributed by atoms with van der Waals surface area (Å²) in [7, 11) is 1.43. The molecular formula is C18H22N2O4S. The number of benzene rings is 1. The number of methoxy groups -OCH3 is 1. The van der Waals surface area contributed by atoms with Gasteiger partial charge in [-0.05, 0) is 11.0 Å². The van der Waals surface area contributed by atoms with Crippen LogP contribution in [0.15, 0.2) is 24.3 Å². The van der Waals surface area contributed by atoms with Crippen LogP contribution in [0.2, 0.25) is 0 Å². The fraction of sp³-hybridized carbons (Fsp3) is 0.389. The minimum absolute atomic E-state index is 0.0315. The lowest BCUT2D eigenvalue weighted by atomic mass is 9.86. The first-order chi connectivity index (χ1) is 11.7. The van der Waals surface area contributed by atoms with Gasteiger partial charge in [0.2, 0.25) is 0 Å². The Balaban J connectivity index is 2.35. The Kier molecular flexibility index (Phi) is 5.92. The van der Waals surface area contributed by atoms with E-state index in [4.69, 9.17) is 9.84 Å². The average Bonchev–Trinajstić information content (AvgIpc) is 2.88. The Morgan fingerprint density at radius 1 is 1.24 bits per heavy atom. The van der Waals surface area contributed by atoms with Crippen LogP contribution >= 0.6 is 11.3 Å². The van der Waals surface area contributed by atoms with Crippen molar-refractivity contribution in [3.8, 4) is 11.3 Å². The molecule has 0 aliphatic rings. The number of aromatic nitrogens is 1. The molecule has 1 aromatic heterocycles. The molecule has 6 nitrogen and oxygen atoms in total. The molecular weight excluding hydrogens is 340 g/mol. The van der Waals surface area contributed by atoms with Crippen molar-refractivity contribution in [3.63, 3.8) is 0 Å². The predicted molar refractivity (Wildman–Crippen MR) is 98.1 cm³/mol. The molecule has 7 heteroatoms. The summed E-state index contributed by atoms with van der Waals surface area (Å²) < 4.78 is 4.78. The maximum absolute atomic E-state index is 11.7. The topological polar surface area (TPSA) is 88.5 Å². The van der Waals surface area contributed by atoms with Gasteiger partial charge in [0.15, 0.2) is 5.13 Å². The molecule has 2 N–H and O–H groups in total. The van der Waals surface area contributed by atoms with E-state index in [1.54, 1.807) is 0 Å². The van der Waals surface area contributed by atoms with Crippen LogP contribution in [-0.4, -0.2) is 35.7 Å². The van der Waals surface area contributed by atoms with Gasteiger partial charge in [0.1, 0.15) is 6.61 Å². The normalized spacial score (nSPS) is 11.4. The number of aliphatic carboxylic acids is 1. The molecule has 2 rings (SSSR count). The molecule has 0 saturated carbocycles. The number of nitrogens with zero attached hydrogens (tertiary/aromatic N) is 1. The zero-order valence-electron chi connectivity index (χ0n) is 14.8. The van der Waals surface area contributed by atoms with Crippen molar-refractivity contribution in [1.82, 2.24) is 4.98 Å². The standard InChI is InChI=1S/C18H22N2O4S/c1-18(2,3)12-7-5-11(6-8-12)16-13(9-15(22)23)25-17(20-16)19-14(21)10-24-4/h5-8H,9-10H2,1-4H3,(H,22,23)(H,19,20,21). The molecule has 1 amide bonds. The third-order valence-corrected chi connectivity index (χ3v) is 4.53. The largest absolute Gasteiger partial charge is 0.481 e. The van der Waals surface area contributed by atoms with E-state index in [2.05, 4.69) is 31.1 Å². The Labute approximate surface area is 150 Å². The average molecular weight is 362 g/mol. The highest BCUT2D eigenvalue weighted by Crippen LogP contribution is 2.33. The molecule has 0 aliphatic carbocycles. The lowest BCUT2D eigenvalue weighted by Crippen LogP contribution is -2.16. The Morgan fingerprint density at radius 3 is 2.40 bits per heavy atom. The van der Waals surface area contributed by atoms with E-state index in [9.17, 15) is 9.59 Å². The van der Waals surface area contributed by atoms with E-state index < -0.39 is 5.97 Å². The smallest absolute Gasteiger partial charge is 0.308 e. The van der Waals surface area contributed by atoms with Crippen molar-refractivity contribution in [2.45, 2.75) is 32.6 Å². The third kappa shape index (κ3) is 5.11. The number of hydrogen-bond acceptors (Lipinski definition) is 5. The van der Waals surface area contributed by atoms with Crippen LogP contribution in [0, 0.1) is 0 Å². The number of carbonyl (C=O) groups excluding carboxylic acids is 1. The first-order valence-electron chi connectivity index (χ1n) is 7.82. The van der Waals surface area contributed by atoms with Crippen LogP contribution in [0.5, 0.6) is 0 Å². The fourth-order valence-corrected chi connectivity index (χ4v) is 3.29. The lowest BCUT2D eigenvalue weighted by molar-refractivity contribution is -0.136. The second-order valence-corrected chi connectivity index (χ2v) is 7.75. The molecule has 25 heavy (non-hydrogen) atoms. The van der Waals surface area contributed by atoms with Gasteiger partial charge < -0.3 is 9.84 Å². The number of thiazole rings is 1. The molecule has 0 bridgehead atoms. The zero-order chi connectivity index (χ0) is 18.6. The molecule has 0 saturated heterocycles. The van der Waals surface area contributed by atoms with Crippen LogP contribution in [0.1, 0.15) is 31.2 Å². The number of amides is 1. The fourth-order valence-electron chi connectivity index (χ4n) is 2.30. The summed E-state index contributed by atoms with van der Waals surface area (Å²) in [4.78, 5) is 27.8. The Bertz CT molecular complexity index is 760. The van der Waals surface area contributed by atoms with E-state index in [0.29, 0.717) is 15.7 Å². The van der Waals surface area contributed by atoms with Gasteiger partial charge in [-0.3, -0.25) is 14.9 Å².